The first kappa shape index (κ1) is 26.7. The van der Waals surface area contributed by atoms with Crippen molar-refractivity contribution < 1.29 is 8.42 Å². The summed E-state index contributed by atoms with van der Waals surface area (Å²) in [6.07, 6.45) is 5.11. The van der Waals surface area contributed by atoms with Gasteiger partial charge in [0, 0.05) is 67.7 Å². The molecule has 0 spiro atoms. The van der Waals surface area contributed by atoms with Gasteiger partial charge in [0.15, 0.2) is 0 Å². The van der Waals surface area contributed by atoms with Gasteiger partial charge in [0.05, 0.1) is 21.3 Å². The number of nitrogens with one attached hydrogen (secondary N) is 3. The minimum Gasteiger partial charge on any atom is -0.366 e. The van der Waals surface area contributed by atoms with Gasteiger partial charge in [-0.1, -0.05) is 18.2 Å². The average Bonchev–Trinajstić information content (AvgIpc) is 2.97. The summed E-state index contributed by atoms with van der Waals surface area (Å²) >= 11 is 0. The molecule has 0 radical (unpaired) electrons. The van der Waals surface area contributed by atoms with Crippen molar-refractivity contribution in [3.63, 3.8) is 0 Å². The second kappa shape index (κ2) is 10.8. The fourth-order valence-electron chi connectivity index (χ4n) is 5.23. The molecule has 0 amide bonds. The molecule has 3 aromatic heterocycles. The quantitative estimate of drug-likeness (QED) is 0.265. The van der Waals surface area contributed by atoms with Crippen molar-refractivity contribution in [2.45, 2.75) is 17.9 Å². The first-order valence-electron chi connectivity index (χ1n) is 13.2. The molecule has 5 aromatic rings. The molecule has 3 N–H and O–H groups in total. The third kappa shape index (κ3) is 5.34. The van der Waals surface area contributed by atoms with Crippen LogP contribution in [0.3, 0.4) is 0 Å². The summed E-state index contributed by atoms with van der Waals surface area (Å²) < 4.78 is 28.1. The van der Waals surface area contributed by atoms with Crippen LogP contribution >= 0.6 is 0 Å². The van der Waals surface area contributed by atoms with Gasteiger partial charge in [0.25, 0.3) is 5.56 Å². The third-order valence-electron chi connectivity index (χ3n) is 7.23. The van der Waals surface area contributed by atoms with E-state index in [1.54, 1.807) is 12.5 Å². The van der Waals surface area contributed by atoms with E-state index in [1.807, 2.05) is 36.5 Å². The normalized spacial score (nSPS) is 15.7. The Kier molecular flexibility index (Phi) is 7.07. The molecule has 1 aliphatic heterocycles. The maximum atomic E-state index is 13.3. The summed E-state index contributed by atoms with van der Waals surface area (Å²) in [5.41, 5.74) is 1.82. The Morgan fingerprint density at radius 2 is 1.80 bits per heavy atom. The van der Waals surface area contributed by atoms with Gasteiger partial charge < -0.3 is 10.3 Å². The molecule has 0 bridgehead atoms. The fourth-order valence-corrected chi connectivity index (χ4v) is 6.68. The van der Waals surface area contributed by atoms with Gasteiger partial charge in [-0.2, -0.15) is 4.31 Å². The van der Waals surface area contributed by atoms with Crippen LogP contribution in [0, 0.1) is 0 Å². The molecule has 0 saturated carbocycles. The molecule has 2 aromatic carbocycles. The van der Waals surface area contributed by atoms with Crippen molar-refractivity contribution in [1.29, 1.82) is 0 Å². The highest BCUT2D eigenvalue weighted by Crippen LogP contribution is 2.29. The maximum absolute atomic E-state index is 13.3. The molecule has 41 heavy (non-hydrogen) atoms. The number of hydrogen-bond acceptors (Lipinski definition) is 9. The Labute approximate surface area is 235 Å². The molecule has 12 nitrogen and oxygen atoms in total. The average molecular weight is 573 g/mol. The SMILES string of the molecule is CC(CN1CCN(S(=O)(=O)c2ccc3[nH]c(=O)[nH]c(=O)c3c2)CC1)Nc1ncnc2c(-c3cccnc3)cccc12. The van der Waals surface area contributed by atoms with Crippen molar-refractivity contribution in [2.75, 3.05) is 38.0 Å². The Balaban J connectivity index is 1.12. The molecule has 13 heteroatoms. The van der Waals surface area contributed by atoms with Crippen molar-refractivity contribution in [1.82, 2.24) is 34.1 Å². The highest BCUT2D eigenvalue weighted by molar-refractivity contribution is 7.89. The first-order valence-corrected chi connectivity index (χ1v) is 14.6. The number of H-pyrrole nitrogens is 2. The minimum absolute atomic E-state index is 0.0207. The second-order valence-corrected chi connectivity index (χ2v) is 12.0. The number of aromatic amines is 2. The maximum Gasteiger partial charge on any atom is 0.326 e. The molecule has 1 fully saturated rings. The molecule has 6 rings (SSSR count). The monoisotopic (exact) mass is 572 g/mol. The van der Waals surface area contributed by atoms with Crippen LogP contribution in [0.5, 0.6) is 0 Å². The number of nitrogens with zero attached hydrogens (tertiary/aromatic N) is 5. The van der Waals surface area contributed by atoms with E-state index in [4.69, 9.17) is 0 Å². The van der Waals surface area contributed by atoms with Gasteiger partial charge in [0.2, 0.25) is 10.0 Å². The zero-order valence-corrected chi connectivity index (χ0v) is 23.1. The number of rotatable bonds is 7. The van der Waals surface area contributed by atoms with Crippen molar-refractivity contribution in [2.24, 2.45) is 0 Å². The summed E-state index contributed by atoms with van der Waals surface area (Å²) in [6.45, 7) is 4.52. The molecule has 1 saturated heterocycles. The Morgan fingerprint density at radius 1 is 0.976 bits per heavy atom. The number of para-hydroxylation sites is 1. The largest absolute Gasteiger partial charge is 0.366 e. The van der Waals surface area contributed by atoms with Gasteiger partial charge in [-0.25, -0.2) is 23.2 Å². The Morgan fingerprint density at radius 3 is 2.59 bits per heavy atom. The number of piperazine rings is 1. The van der Waals surface area contributed by atoms with Crippen LogP contribution in [-0.2, 0) is 10.0 Å². The van der Waals surface area contributed by atoms with Crippen molar-refractivity contribution in [3.05, 3.63) is 88.1 Å². The van der Waals surface area contributed by atoms with Gasteiger partial charge in [-0.3, -0.25) is 19.7 Å². The zero-order chi connectivity index (χ0) is 28.6. The smallest absolute Gasteiger partial charge is 0.326 e. The van der Waals surface area contributed by atoms with E-state index in [0.717, 1.165) is 27.8 Å². The predicted molar refractivity (Wildman–Crippen MR) is 156 cm³/mol. The standard InChI is InChI=1S/C28H28N8O4S/c1-18(32-26-22-6-2-5-21(25(22)30-17-31-26)19-4-3-9-29-15-19)16-35-10-12-36(13-11-35)41(39,40)20-7-8-24-23(14-20)27(37)34-28(38)33-24/h2-9,14-15,17-18H,10-13,16H2,1H3,(H,30,31,32)(H2,33,34,37,38). The van der Waals surface area contributed by atoms with Crippen molar-refractivity contribution >= 4 is 37.6 Å². The lowest BCUT2D eigenvalue weighted by molar-refractivity contribution is 0.184. The summed E-state index contributed by atoms with van der Waals surface area (Å²) in [7, 11) is -3.81. The molecule has 4 heterocycles. The molecule has 1 atom stereocenters. The van der Waals surface area contributed by atoms with E-state index in [0.29, 0.717) is 32.7 Å². The number of aromatic nitrogens is 5. The number of fused-ring (bicyclic) bond motifs is 2. The van der Waals surface area contributed by atoms with Gasteiger partial charge >= 0.3 is 5.69 Å². The van der Waals surface area contributed by atoms with E-state index < -0.39 is 21.3 Å². The van der Waals surface area contributed by atoms with E-state index in [1.165, 1.54) is 22.5 Å². The number of anilines is 1. The van der Waals surface area contributed by atoms with Gasteiger partial charge in [-0.15, -0.1) is 0 Å². The summed E-state index contributed by atoms with van der Waals surface area (Å²) in [5, 5.41) is 4.54. The van der Waals surface area contributed by atoms with Crippen LogP contribution in [-0.4, -0.2) is 81.3 Å². The predicted octanol–water partition coefficient (Wildman–Crippen LogP) is 2.03. The zero-order valence-electron chi connectivity index (χ0n) is 22.2. The lowest BCUT2D eigenvalue weighted by atomic mass is 10.0. The molecular formula is C28H28N8O4S. The first-order chi connectivity index (χ1) is 19.8. The van der Waals surface area contributed by atoms with Crippen LogP contribution in [0.1, 0.15) is 6.92 Å². The van der Waals surface area contributed by atoms with Crippen LogP contribution < -0.4 is 16.6 Å². The highest BCUT2D eigenvalue weighted by Gasteiger charge is 2.29. The second-order valence-electron chi connectivity index (χ2n) is 10.0. The van der Waals surface area contributed by atoms with Crippen LogP contribution in [0.2, 0.25) is 0 Å². The van der Waals surface area contributed by atoms with Gasteiger partial charge in [0.1, 0.15) is 12.1 Å². The van der Waals surface area contributed by atoms with Crippen LogP contribution in [0.4, 0.5) is 5.82 Å². The fraction of sp³-hybridized carbons (Fsp3) is 0.250. The molecule has 210 valence electrons. The molecular weight excluding hydrogens is 544 g/mol. The van der Waals surface area contributed by atoms with E-state index in [-0.39, 0.29) is 21.8 Å². The van der Waals surface area contributed by atoms with Crippen LogP contribution in [0.15, 0.2) is 81.7 Å². The summed E-state index contributed by atoms with van der Waals surface area (Å²) in [4.78, 5) is 43.8. The molecule has 0 aliphatic carbocycles. The Hall–Kier alpha value is -4.46. The van der Waals surface area contributed by atoms with Crippen molar-refractivity contribution in [3.8, 4) is 11.1 Å². The van der Waals surface area contributed by atoms with E-state index in [2.05, 4.69) is 42.1 Å². The number of benzene rings is 2. The number of sulfonamides is 1. The summed E-state index contributed by atoms with van der Waals surface area (Å²) in [6, 6.07) is 14.1. The summed E-state index contributed by atoms with van der Waals surface area (Å²) in [5.74, 6) is 0.738. The molecule has 1 aliphatic rings. The number of hydrogen-bond donors (Lipinski definition) is 3. The van der Waals surface area contributed by atoms with Crippen LogP contribution in [0.25, 0.3) is 32.9 Å². The topological polar surface area (TPSA) is 157 Å². The lowest BCUT2D eigenvalue weighted by Crippen LogP contribution is -2.50. The molecule has 1 unspecified atom stereocenters. The minimum atomic E-state index is -3.81. The van der Waals surface area contributed by atoms with Gasteiger partial charge in [-0.05, 0) is 37.3 Å². The van der Waals surface area contributed by atoms with E-state index >= 15 is 0 Å². The number of pyridine rings is 1. The Bertz CT molecular complexity index is 1950. The third-order valence-corrected chi connectivity index (χ3v) is 9.13. The lowest BCUT2D eigenvalue weighted by Gasteiger charge is -2.35. The highest BCUT2D eigenvalue weighted by atomic mass is 32.2. The van der Waals surface area contributed by atoms with E-state index in [9.17, 15) is 18.0 Å².